The summed E-state index contributed by atoms with van der Waals surface area (Å²) < 4.78 is 12.4. The molecule has 0 radical (unpaired) electrons. The van der Waals surface area contributed by atoms with E-state index < -0.39 is 0 Å². The number of ether oxygens (including phenoxy) is 2. The van der Waals surface area contributed by atoms with Gasteiger partial charge < -0.3 is 14.4 Å². The number of carbonyl (C=O) groups excluding carboxylic acids is 2. The van der Waals surface area contributed by atoms with E-state index in [0.717, 1.165) is 27.6 Å². The number of halogens is 1. The number of hydrogen-bond donors (Lipinski definition) is 0. The number of Topliss-reactive ketones (excluding diaryl/α,β-unsaturated/α-hetero) is 1. The van der Waals surface area contributed by atoms with Crippen LogP contribution in [0.2, 0.25) is 0 Å². The van der Waals surface area contributed by atoms with Gasteiger partial charge in [0.1, 0.15) is 11.9 Å². The minimum atomic E-state index is -0.198. The highest BCUT2D eigenvalue weighted by Crippen LogP contribution is 2.55. The zero-order valence-electron chi connectivity index (χ0n) is 12.0. The lowest BCUT2D eigenvalue weighted by atomic mass is 9.78. The fraction of sp³-hybridized carbons (Fsp3) is 0.375. The highest BCUT2D eigenvalue weighted by molar-refractivity contribution is 9.10. The standard InChI is InChI=1S/C16H14BrNO4/c1-21-13-4-11(17)10-6-18(7-19)5-8-2-9(20)3-12-14(8)15(10)16(13)22-12/h4-5,7,12,14H,2-3,6H2,1H3. The van der Waals surface area contributed by atoms with E-state index in [0.29, 0.717) is 30.9 Å². The number of ketones is 1. The van der Waals surface area contributed by atoms with Gasteiger partial charge in [-0.1, -0.05) is 15.9 Å². The van der Waals surface area contributed by atoms with Crippen LogP contribution in [0.4, 0.5) is 0 Å². The molecule has 6 heteroatoms. The molecule has 0 N–H and O–H groups in total. The fourth-order valence-electron chi connectivity index (χ4n) is 3.69. The molecule has 0 saturated heterocycles. The van der Waals surface area contributed by atoms with Gasteiger partial charge in [-0.2, -0.15) is 0 Å². The smallest absolute Gasteiger partial charge is 0.213 e. The van der Waals surface area contributed by atoms with Crippen LogP contribution in [0.5, 0.6) is 11.5 Å². The van der Waals surface area contributed by atoms with Crippen LogP contribution in [0.15, 0.2) is 22.3 Å². The summed E-state index contributed by atoms with van der Waals surface area (Å²) in [5.74, 6) is 1.54. The van der Waals surface area contributed by atoms with Crippen molar-refractivity contribution in [3.8, 4) is 11.5 Å². The maximum atomic E-state index is 12.0. The van der Waals surface area contributed by atoms with Gasteiger partial charge in [-0.25, -0.2) is 0 Å². The Balaban J connectivity index is 1.98. The second-order valence-electron chi connectivity index (χ2n) is 5.82. The number of amides is 1. The Morgan fingerprint density at radius 3 is 3.05 bits per heavy atom. The summed E-state index contributed by atoms with van der Waals surface area (Å²) in [6, 6.07) is 1.86. The normalized spacial score (nSPS) is 25.1. The third kappa shape index (κ3) is 1.83. The summed E-state index contributed by atoms with van der Waals surface area (Å²) >= 11 is 3.58. The van der Waals surface area contributed by atoms with Gasteiger partial charge in [-0.15, -0.1) is 0 Å². The Kier molecular flexibility index (Phi) is 3.04. The van der Waals surface area contributed by atoms with Crippen LogP contribution in [-0.4, -0.2) is 30.3 Å². The van der Waals surface area contributed by atoms with Crippen LogP contribution in [0.25, 0.3) is 0 Å². The van der Waals surface area contributed by atoms with E-state index in [1.807, 2.05) is 6.07 Å². The Morgan fingerprint density at radius 2 is 2.32 bits per heavy atom. The summed E-state index contributed by atoms with van der Waals surface area (Å²) in [6.45, 7) is 0.459. The molecule has 22 heavy (non-hydrogen) atoms. The Morgan fingerprint density at radius 1 is 1.50 bits per heavy atom. The van der Waals surface area contributed by atoms with Gasteiger partial charge in [-0.3, -0.25) is 9.59 Å². The summed E-state index contributed by atoms with van der Waals surface area (Å²) in [7, 11) is 1.60. The van der Waals surface area contributed by atoms with Crippen LogP contribution < -0.4 is 9.47 Å². The highest BCUT2D eigenvalue weighted by Gasteiger charge is 2.46. The number of methoxy groups -OCH3 is 1. The molecule has 114 valence electrons. The van der Waals surface area contributed by atoms with Crippen molar-refractivity contribution in [2.24, 2.45) is 0 Å². The first-order chi connectivity index (χ1) is 10.6. The first-order valence-corrected chi connectivity index (χ1v) is 7.91. The van der Waals surface area contributed by atoms with Crippen molar-refractivity contribution in [3.63, 3.8) is 0 Å². The lowest BCUT2D eigenvalue weighted by Crippen LogP contribution is -2.30. The quantitative estimate of drug-likeness (QED) is 0.757. The molecule has 1 fully saturated rings. The van der Waals surface area contributed by atoms with Gasteiger partial charge in [0.2, 0.25) is 6.41 Å². The number of benzene rings is 1. The molecule has 2 unspecified atom stereocenters. The van der Waals surface area contributed by atoms with E-state index >= 15 is 0 Å². The Hall–Kier alpha value is -1.82. The average molecular weight is 364 g/mol. The monoisotopic (exact) mass is 363 g/mol. The van der Waals surface area contributed by atoms with E-state index in [9.17, 15) is 9.59 Å². The molecule has 2 atom stereocenters. The molecule has 0 spiro atoms. The Labute approximate surface area is 136 Å². The van der Waals surface area contributed by atoms with Crippen molar-refractivity contribution < 1.29 is 19.1 Å². The molecule has 1 aliphatic carbocycles. The van der Waals surface area contributed by atoms with Crippen LogP contribution in [0.1, 0.15) is 29.9 Å². The average Bonchev–Trinajstić information content (AvgIpc) is 2.77. The SMILES string of the molecule is COc1cc(Br)c2c3c1OC1CC(=O)CC(=CN(C=O)C2)C31. The Bertz CT molecular complexity index is 727. The third-order valence-corrected chi connectivity index (χ3v) is 5.26. The lowest BCUT2D eigenvalue weighted by molar-refractivity contribution is -0.121. The zero-order chi connectivity index (χ0) is 15.4. The molecule has 5 nitrogen and oxygen atoms in total. The molecule has 4 rings (SSSR count). The zero-order valence-corrected chi connectivity index (χ0v) is 13.6. The van der Waals surface area contributed by atoms with Crippen LogP contribution >= 0.6 is 15.9 Å². The minimum absolute atomic E-state index is 0.0269. The van der Waals surface area contributed by atoms with Crippen molar-refractivity contribution in [1.82, 2.24) is 4.90 Å². The molecule has 3 aliphatic rings. The predicted molar refractivity (Wildman–Crippen MR) is 81.8 cm³/mol. The highest BCUT2D eigenvalue weighted by atomic mass is 79.9. The van der Waals surface area contributed by atoms with Gasteiger partial charge in [0.05, 0.1) is 13.7 Å². The van der Waals surface area contributed by atoms with Crippen molar-refractivity contribution in [3.05, 3.63) is 33.4 Å². The second-order valence-corrected chi connectivity index (χ2v) is 6.67. The maximum Gasteiger partial charge on any atom is 0.213 e. The van der Waals surface area contributed by atoms with Crippen LogP contribution in [-0.2, 0) is 16.1 Å². The van der Waals surface area contributed by atoms with Gasteiger partial charge in [0.25, 0.3) is 0 Å². The summed E-state index contributed by atoms with van der Waals surface area (Å²) in [5, 5.41) is 0. The van der Waals surface area contributed by atoms with Crippen molar-refractivity contribution in [2.75, 3.05) is 7.11 Å². The van der Waals surface area contributed by atoms with Crippen molar-refractivity contribution >= 4 is 28.1 Å². The third-order valence-electron chi connectivity index (χ3n) is 4.55. The van der Waals surface area contributed by atoms with Crippen molar-refractivity contribution in [1.29, 1.82) is 0 Å². The topological polar surface area (TPSA) is 55.8 Å². The molecule has 1 amide bonds. The lowest BCUT2D eigenvalue weighted by Gasteiger charge is -2.26. The van der Waals surface area contributed by atoms with Gasteiger partial charge in [0, 0.05) is 35.0 Å². The van der Waals surface area contributed by atoms with Gasteiger partial charge in [-0.05, 0) is 17.2 Å². The molecular formula is C16H14BrNO4. The largest absolute Gasteiger partial charge is 0.493 e. The van der Waals surface area contributed by atoms with Crippen molar-refractivity contribution in [2.45, 2.75) is 31.4 Å². The molecule has 1 saturated carbocycles. The first-order valence-electron chi connectivity index (χ1n) is 7.11. The first kappa shape index (κ1) is 13.8. The fourth-order valence-corrected chi connectivity index (χ4v) is 4.23. The van der Waals surface area contributed by atoms with E-state index in [-0.39, 0.29) is 17.8 Å². The molecule has 2 heterocycles. The van der Waals surface area contributed by atoms with Crippen LogP contribution in [0.3, 0.4) is 0 Å². The molecule has 0 aromatic heterocycles. The molecule has 1 aromatic rings. The van der Waals surface area contributed by atoms with Gasteiger partial charge in [0.15, 0.2) is 11.5 Å². The van der Waals surface area contributed by atoms with E-state index in [1.165, 1.54) is 0 Å². The summed E-state index contributed by atoms with van der Waals surface area (Å²) in [6.07, 6.45) is 3.18. The van der Waals surface area contributed by atoms with Gasteiger partial charge >= 0.3 is 0 Å². The summed E-state index contributed by atoms with van der Waals surface area (Å²) in [5.41, 5.74) is 3.03. The van der Waals surface area contributed by atoms with E-state index in [1.54, 1.807) is 18.2 Å². The van der Waals surface area contributed by atoms with E-state index in [4.69, 9.17) is 9.47 Å². The maximum absolute atomic E-state index is 12.0. The summed E-state index contributed by atoms with van der Waals surface area (Å²) in [4.78, 5) is 24.9. The number of nitrogens with zero attached hydrogens (tertiary/aromatic N) is 1. The molecular weight excluding hydrogens is 350 g/mol. The molecule has 0 bridgehead atoms. The second kappa shape index (κ2) is 4.84. The number of rotatable bonds is 2. The number of carbonyl (C=O) groups is 2. The predicted octanol–water partition coefficient (Wildman–Crippen LogP) is 2.52. The van der Waals surface area contributed by atoms with E-state index in [2.05, 4.69) is 15.9 Å². The number of hydrogen-bond acceptors (Lipinski definition) is 4. The molecule has 2 aliphatic heterocycles. The van der Waals surface area contributed by atoms with Crippen LogP contribution in [0, 0.1) is 0 Å². The molecule has 1 aromatic carbocycles. The minimum Gasteiger partial charge on any atom is -0.493 e.